The smallest absolute Gasteiger partial charge is 0.256 e. The number of ketones is 1. The number of hydrogen-bond donors (Lipinski definition) is 0. The molecule has 1 spiro atoms. The molecule has 1 aliphatic heterocycles. The lowest BCUT2D eigenvalue weighted by molar-refractivity contribution is -0.178. The normalized spacial score (nSPS) is 16.9. The Kier molecular flexibility index (Phi) is 12.6. The van der Waals surface area contributed by atoms with Crippen molar-refractivity contribution in [3.8, 4) is 11.4 Å². The molecule has 3 fully saturated rings. The standard InChI is InChI=1S/C26H30FN3O3.C24H26FN3O2/c1-17(2)29(3)25(31)21-14-19(27)4-5-23(21)30-16-22(20-8-11-28-15-24(20)30)18-6-9-26(10-7-18)32-12-13-33-26;1-15(2)27(3)24(30)20-12-17(25)6-9-22(20)28-14-21(16-4-7-18(29)8-5-16)19-10-11-26-13-23(19)28/h4-5,8,11,14-18H,6-7,9-10,12-13H2,1-3H3;6,9-16H,4-5,7-8H2,1-3H3. The Morgan fingerprint density at radius 1 is 0.683 bits per heavy atom. The highest BCUT2D eigenvalue weighted by Gasteiger charge is 2.41. The quantitative estimate of drug-likeness (QED) is 0.150. The number of ether oxygens (including phenoxy) is 2. The zero-order chi connectivity index (χ0) is 44.6. The molecule has 0 N–H and O–H groups in total. The van der Waals surface area contributed by atoms with Crippen molar-refractivity contribution in [3.63, 3.8) is 0 Å². The number of benzene rings is 2. The van der Waals surface area contributed by atoms with E-state index < -0.39 is 17.4 Å². The molecule has 4 aromatic heterocycles. The molecule has 63 heavy (non-hydrogen) atoms. The number of pyridine rings is 2. The molecular formula is C50H56F2N6O5. The second-order valence-electron chi connectivity index (χ2n) is 17.7. The Balaban J connectivity index is 0.000000174. The molecular weight excluding hydrogens is 803 g/mol. The molecule has 2 saturated carbocycles. The highest BCUT2D eigenvalue weighted by molar-refractivity contribution is 6.00. The highest BCUT2D eigenvalue weighted by atomic mass is 19.1. The minimum atomic E-state index is -0.445. The van der Waals surface area contributed by atoms with Crippen LogP contribution in [0.15, 0.2) is 85.7 Å². The fourth-order valence-corrected chi connectivity index (χ4v) is 9.28. The SMILES string of the molecule is CC(C)N(C)C(=O)c1cc(F)ccc1-n1cc(C2CCC(=O)CC2)c2ccncc21.CC(C)N(C)C(=O)c1cc(F)ccc1-n1cc(C2CCC3(CC2)OCCO3)c2ccncc21. The third-order valence-electron chi connectivity index (χ3n) is 13.3. The van der Waals surface area contributed by atoms with Crippen LogP contribution < -0.4 is 0 Å². The molecule has 9 rings (SSSR count). The average Bonchev–Trinajstić information content (AvgIpc) is 4.02. The van der Waals surface area contributed by atoms with E-state index in [4.69, 9.17) is 9.47 Å². The van der Waals surface area contributed by atoms with Crippen molar-refractivity contribution in [3.05, 3.63) is 120 Å². The summed E-state index contributed by atoms with van der Waals surface area (Å²) in [6.07, 6.45) is 17.8. The molecule has 0 bridgehead atoms. The second-order valence-corrected chi connectivity index (χ2v) is 17.7. The number of amides is 2. The van der Waals surface area contributed by atoms with E-state index in [1.165, 1.54) is 29.8 Å². The molecule has 330 valence electrons. The Hall–Kier alpha value is -5.79. The van der Waals surface area contributed by atoms with E-state index in [9.17, 15) is 23.2 Å². The number of nitrogens with zero attached hydrogens (tertiary/aromatic N) is 6. The van der Waals surface area contributed by atoms with E-state index >= 15 is 0 Å². The lowest BCUT2D eigenvalue weighted by Crippen LogP contribution is -2.34. The summed E-state index contributed by atoms with van der Waals surface area (Å²) in [5.41, 5.74) is 6.11. The van der Waals surface area contributed by atoms with Gasteiger partial charge in [0.2, 0.25) is 0 Å². The van der Waals surface area contributed by atoms with Crippen LogP contribution in [0, 0.1) is 11.6 Å². The van der Waals surface area contributed by atoms with E-state index in [1.807, 2.05) is 61.4 Å². The van der Waals surface area contributed by atoms with Crippen molar-refractivity contribution in [2.75, 3.05) is 27.3 Å². The van der Waals surface area contributed by atoms with Crippen LogP contribution in [0.1, 0.15) is 123 Å². The van der Waals surface area contributed by atoms with Gasteiger partial charge in [0.25, 0.3) is 11.8 Å². The lowest BCUT2D eigenvalue weighted by Gasteiger charge is -2.35. The van der Waals surface area contributed by atoms with Crippen LogP contribution in [0.5, 0.6) is 0 Å². The maximum atomic E-state index is 14.2. The first-order valence-corrected chi connectivity index (χ1v) is 22.1. The zero-order valence-electron chi connectivity index (χ0n) is 36.9. The Morgan fingerprint density at radius 2 is 1.11 bits per heavy atom. The van der Waals surface area contributed by atoms with Gasteiger partial charge in [0, 0.05) is 87.4 Å². The van der Waals surface area contributed by atoms with Gasteiger partial charge in [-0.15, -0.1) is 0 Å². The predicted molar refractivity (Wildman–Crippen MR) is 239 cm³/mol. The fourth-order valence-electron chi connectivity index (χ4n) is 9.28. The molecule has 5 heterocycles. The minimum absolute atomic E-state index is 0.00170. The topological polar surface area (TPSA) is 112 Å². The number of carbonyl (C=O) groups is 3. The van der Waals surface area contributed by atoms with Gasteiger partial charge in [-0.3, -0.25) is 24.4 Å². The molecule has 11 nitrogen and oxygen atoms in total. The predicted octanol–water partition coefficient (Wildman–Crippen LogP) is 9.92. The Morgan fingerprint density at radius 3 is 1.54 bits per heavy atom. The Labute approximate surface area is 367 Å². The average molecular weight is 859 g/mol. The minimum Gasteiger partial charge on any atom is -0.348 e. The number of fused-ring (bicyclic) bond motifs is 2. The van der Waals surface area contributed by atoms with Crippen LogP contribution >= 0.6 is 0 Å². The number of Topliss-reactive ketones (excluding diaryl/α,β-unsaturated/α-hetero) is 1. The first-order valence-electron chi connectivity index (χ1n) is 22.1. The summed E-state index contributed by atoms with van der Waals surface area (Å²) in [6.45, 7) is 9.07. The maximum Gasteiger partial charge on any atom is 0.256 e. The molecule has 0 radical (unpaired) electrons. The first kappa shape index (κ1) is 43.8. The zero-order valence-corrected chi connectivity index (χ0v) is 36.9. The van der Waals surface area contributed by atoms with Gasteiger partial charge in [-0.1, -0.05) is 0 Å². The van der Waals surface area contributed by atoms with Crippen molar-refractivity contribution in [1.82, 2.24) is 28.9 Å². The molecule has 2 aromatic carbocycles. The second kappa shape index (κ2) is 18.1. The van der Waals surface area contributed by atoms with Gasteiger partial charge >= 0.3 is 0 Å². The summed E-state index contributed by atoms with van der Waals surface area (Å²) in [4.78, 5) is 49.9. The van der Waals surface area contributed by atoms with Crippen LogP contribution in [0.4, 0.5) is 8.78 Å². The van der Waals surface area contributed by atoms with Gasteiger partial charge in [0.15, 0.2) is 5.79 Å². The van der Waals surface area contributed by atoms with Crippen LogP contribution in [-0.2, 0) is 14.3 Å². The van der Waals surface area contributed by atoms with Crippen LogP contribution in [-0.4, -0.2) is 91.7 Å². The number of rotatable bonds is 8. The summed E-state index contributed by atoms with van der Waals surface area (Å²) in [7, 11) is 3.47. The van der Waals surface area contributed by atoms with Gasteiger partial charge in [-0.25, -0.2) is 8.78 Å². The summed E-state index contributed by atoms with van der Waals surface area (Å²) in [6, 6.07) is 12.7. The van der Waals surface area contributed by atoms with Gasteiger partial charge in [0.1, 0.15) is 17.4 Å². The van der Waals surface area contributed by atoms with E-state index in [1.54, 1.807) is 54.6 Å². The van der Waals surface area contributed by atoms with E-state index in [0.29, 0.717) is 60.3 Å². The maximum absolute atomic E-state index is 14.2. The fraction of sp³-hybridized carbons (Fsp3) is 0.420. The van der Waals surface area contributed by atoms with E-state index in [0.717, 1.165) is 65.9 Å². The highest BCUT2D eigenvalue weighted by Crippen LogP contribution is 2.45. The van der Waals surface area contributed by atoms with Crippen molar-refractivity contribution in [2.24, 2.45) is 0 Å². The van der Waals surface area contributed by atoms with Crippen molar-refractivity contribution in [1.29, 1.82) is 0 Å². The van der Waals surface area contributed by atoms with Crippen molar-refractivity contribution >= 4 is 39.4 Å². The number of aromatic nitrogens is 4. The molecule has 3 aliphatic rings. The summed E-state index contributed by atoms with van der Waals surface area (Å²) >= 11 is 0. The molecule has 2 amide bonds. The third-order valence-corrected chi connectivity index (χ3v) is 13.3. The largest absolute Gasteiger partial charge is 0.348 e. The monoisotopic (exact) mass is 858 g/mol. The third kappa shape index (κ3) is 8.77. The van der Waals surface area contributed by atoms with E-state index in [-0.39, 0.29) is 29.8 Å². The van der Waals surface area contributed by atoms with Gasteiger partial charge in [0.05, 0.1) is 59.1 Å². The van der Waals surface area contributed by atoms with E-state index in [2.05, 4.69) is 16.2 Å². The number of carbonyl (C=O) groups excluding carboxylic acids is 3. The molecule has 6 aromatic rings. The van der Waals surface area contributed by atoms with Crippen molar-refractivity contribution in [2.45, 2.75) is 109 Å². The summed E-state index contributed by atoms with van der Waals surface area (Å²) in [5, 5.41) is 2.17. The van der Waals surface area contributed by atoms with Crippen LogP contribution in [0.2, 0.25) is 0 Å². The molecule has 13 heteroatoms. The lowest BCUT2D eigenvalue weighted by atomic mass is 9.81. The molecule has 2 aliphatic carbocycles. The van der Waals surface area contributed by atoms with Crippen molar-refractivity contribution < 1.29 is 32.6 Å². The van der Waals surface area contributed by atoms with Crippen LogP contribution in [0.3, 0.4) is 0 Å². The molecule has 0 unspecified atom stereocenters. The number of halogens is 2. The first-order chi connectivity index (χ1) is 30.2. The van der Waals surface area contributed by atoms with Gasteiger partial charge < -0.3 is 28.4 Å². The number of hydrogen-bond acceptors (Lipinski definition) is 7. The Bertz CT molecular complexity index is 2640. The van der Waals surface area contributed by atoms with Gasteiger partial charge in [-0.05, 0) is 125 Å². The molecule has 1 saturated heterocycles. The molecule has 0 atom stereocenters. The van der Waals surface area contributed by atoms with Gasteiger partial charge in [-0.2, -0.15) is 0 Å². The summed E-state index contributed by atoms with van der Waals surface area (Å²) < 4.78 is 44.1. The summed E-state index contributed by atoms with van der Waals surface area (Å²) in [5.74, 6) is -0.756. The van der Waals surface area contributed by atoms with Crippen LogP contribution in [0.25, 0.3) is 33.2 Å².